The number of thiazole rings is 1. The zero-order valence-corrected chi connectivity index (χ0v) is 20.1. The van der Waals surface area contributed by atoms with Crippen LogP contribution in [0.25, 0.3) is 10.3 Å². The van der Waals surface area contributed by atoms with Crippen LogP contribution < -0.4 is 21.5 Å². The minimum Gasteiger partial charge on any atom is -0.348 e. The fraction of sp³-hybridized carbons (Fsp3) is 0.455. The van der Waals surface area contributed by atoms with Crippen LogP contribution in [0.15, 0.2) is 38.8 Å². The predicted octanol–water partition coefficient (Wildman–Crippen LogP) is 3.55. The maximum atomic E-state index is 13.2. The topological polar surface area (TPSA) is 89.2 Å². The number of piperidine rings is 1. The molecule has 2 aromatic heterocycles. The van der Waals surface area contributed by atoms with Gasteiger partial charge in [-0.05, 0) is 57.6 Å². The predicted molar refractivity (Wildman–Crippen MR) is 131 cm³/mol. The van der Waals surface area contributed by atoms with Crippen LogP contribution in [0.4, 0.5) is 10.8 Å². The fourth-order valence-corrected chi connectivity index (χ4v) is 5.42. The van der Waals surface area contributed by atoms with Crippen LogP contribution in [-0.2, 0) is 11.3 Å². The Morgan fingerprint density at radius 1 is 1.22 bits per heavy atom. The summed E-state index contributed by atoms with van der Waals surface area (Å²) in [6, 6.07) is 7.20. The number of thioether (sulfide) groups is 1. The molecule has 0 radical (unpaired) electrons. The quantitative estimate of drug-likeness (QED) is 0.551. The molecule has 4 rings (SSSR count). The second-order valence-electron chi connectivity index (χ2n) is 8.11. The number of anilines is 2. The summed E-state index contributed by atoms with van der Waals surface area (Å²) in [4.78, 5) is 47.0. The maximum Gasteiger partial charge on any atom is 0.333 e. The molecule has 0 saturated carbocycles. The first-order valence-electron chi connectivity index (χ1n) is 10.7. The van der Waals surface area contributed by atoms with Crippen molar-refractivity contribution in [2.24, 2.45) is 0 Å². The highest BCUT2D eigenvalue weighted by atomic mass is 32.2. The Hall–Kier alpha value is -2.59. The second-order valence-corrected chi connectivity index (χ2v) is 9.97. The Balaban J connectivity index is 1.74. The van der Waals surface area contributed by atoms with E-state index in [2.05, 4.69) is 15.2 Å². The molecule has 1 saturated heterocycles. The lowest BCUT2D eigenvalue weighted by molar-refractivity contribution is -0.116. The van der Waals surface area contributed by atoms with Crippen molar-refractivity contribution in [1.29, 1.82) is 0 Å². The zero-order valence-electron chi connectivity index (χ0n) is 18.5. The van der Waals surface area contributed by atoms with Crippen LogP contribution in [-0.4, -0.2) is 39.4 Å². The highest BCUT2D eigenvalue weighted by Gasteiger charge is 2.23. The fourth-order valence-electron chi connectivity index (χ4n) is 3.90. The third-order valence-electron chi connectivity index (χ3n) is 5.50. The van der Waals surface area contributed by atoms with E-state index >= 15 is 0 Å². The lowest BCUT2D eigenvalue weighted by Crippen LogP contribution is -2.42. The van der Waals surface area contributed by atoms with E-state index in [1.807, 2.05) is 30.5 Å². The number of aromatic nitrogens is 3. The third-order valence-corrected chi connectivity index (χ3v) is 7.32. The number of carbonyl (C=O) groups is 1. The first-order chi connectivity index (χ1) is 15.4. The van der Waals surface area contributed by atoms with Gasteiger partial charge in [0.1, 0.15) is 11.2 Å². The van der Waals surface area contributed by atoms with E-state index in [4.69, 9.17) is 0 Å². The van der Waals surface area contributed by atoms with Gasteiger partial charge in [-0.2, -0.15) is 0 Å². The Labute approximate surface area is 194 Å². The van der Waals surface area contributed by atoms with Gasteiger partial charge < -0.3 is 10.2 Å². The van der Waals surface area contributed by atoms with Crippen LogP contribution in [0.3, 0.4) is 0 Å². The van der Waals surface area contributed by atoms with Crippen molar-refractivity contribution in [3.8, 4) is 0 Å². The Morgan fingerprint density at radius 3 is 2.66 bits per heavy atom. The molecular formula is C22H27N5O3S2. The van der Waals surface area contributed by atoms with E-state index < -0.39 is 5.69 Å². The Bertz CT molecular complexity index is 1250. The number of rotatable bonds is 6. The van der Waals surface area contributed by atoms with E-state index in [0.717, 1.165) is 36.0 Å². The van der Waals surface area contributed by atoms with Crippen molar-refractivity contribution < 1.29 is 4.79 Å². The summed E-state index contributed by atoms with van der Waals surface area (Å²) >= 11 is 2.89. The van der Waals surface area contributed by atoms with Gasteiger partial charge in [0, 0.05) is 29.7 Å². The van der Waals surface area contributed by atoms with Crippen LogP contribution in [0, 0.1) is 0 Å². The van der Waals surface area contributed by atoms with Gasteiger partial charge in [0.15, 0.2) is 10.8 Å². The average Bonchev–Trinajstić information content (AvgIpc) is 3.23. The summed E-state index contributed by atoms with van der Waals surface area (Å²) in [5, 5.41) is 3.59. The van der Waals surface area contributed by atoms with Gasteiger partial charge in [0.05, 0.1) is 0 Å². The molecule has 3 aromatic rings. The van der Waals surface area contributed by atoms with E-state index in [0.29, 0.717) is 10.4 Å². The summed E-state index contributed by atoms with van der Waals surface area (Å²) in [5.41, 5.74) is 0.0946. The summed E-state index contributed by atoms with van der Waals surface area (Å²) < 4.78 is 2.95. The Morgan fingerprint density at radius 2 is 1.97 bits per heavy atom. The van der Waals surface area contributed by atoms with E-state index in [9.17, 15) is 14.4 Å². The molecule has 8 nitrogen and oxygen atoms in total. The number of carbonyl (C=O) groups excluding carboxylic acids is 1. The highest BCUT2D eigenvalue weighted by Crippen LogP contribution is 2.28. The lowest BCUT2D eigenvalue weighted by Gasteiger charge is -2.25. The van der Waals surface area contributed by atoms with Crippen LogP contribution in [0.2, 0.25) is 0 Å². The van der Waals surface area contributed by atoms with Crippen LogP contribution >= 0.6 is 23.1 Å². The van der Waals surface area contributed by atoms with E-state index in [1.54, 1.807) is 25.6 Å². The van der Waals surface area contributed by atoms with Crippen molar-refractivity contribution in [3.05, 3.63) is 45.1 Å². The first kappa shape index (κ1) is 22.6. The highest BCUT2D eigenvalue weighted by molar-refractivity contribution is 7.98. The van der Waals surface area contributed by atoms with E-state index in [1.165, 1.54) is 26.9 Å². The minimum atomic E-state index is -0.513. The molecular weight excluding hydrogens is 446 g/mol. The smallest absolute Gasteiger partial charge is 0.333 e. The van der Waals surface area contributed by atoms with Crippen molar-refractivity contribution >= 4 is 50.2 Å². The molecule has 0 spiro atoms. The molecule has 1 aliphatic rings. The summed E-state index contributed by atoms with van der Waals surface area (Å²) in [7, 11) is 0. The number of hydrogen-bond acceptors (Lipinski definition) is 7. The van der Waals surface area contributed by atoms with Crippen molar-refractivity contribution in [2.45, 2.75) is 50.6 Å². The molecule has 1 aliphatic heterocycles. The molecule has 0 unspecified atom stereocenters. The van der Waals surface area contributed by atoms with Crippen molar-refractivity contribution in [1.82, 2.24) is 14.1 Å². The zero-order chi connectivity index (χ0) is 22.8. The third kappa shape index (κ3) is 4.47. The number of benzene rings is 1. The maximum absolute atomic E-state index is 13.2. The average molecular weight is 474 g/mol. The second kappa shape index (κ2) is 9.50. The first-order valence-corrected chi connectivity index (χ1v) is 12.8. The lowest BCUT2D eigenvalue weighted by atomic mass is 10.1. The normalized spacial score (nSPS) is 14.3. The summed E-state index contributed by atoms with van der Waals surface area (Å²) in [6.07, 6.45) is 5.31. The molecule has 0 bridgehead atoms. The number of nitrogens with zero attached hydrogens (tertiary/aromatic N) is 4. The van der Waals surface area contributed by atoms with Crippen molar-refractivity contribution in [2.75, 3.05) is 29.6 Å². The largest absolute Gasteiger partial charge is 0.348 e. The van der Waals surface area contributed by atoms with Gasteiger partial charge in [-0.15, -0.1) is 11.8 Å². The minimum absolute atomic E-state index is 0.213. The standard InChI is InChI=1S/C22H27N5O3S2/c1-14(2)27-20(29)18-19(24-21(32-18)25-10-5-4-6-11-25)26(22(27)30)13-17(28)23-15-8-7-9-16(12-15)31-3/h7-9,12,14H,4-6,10-11,13H2,1-3H3,(H,23,28). The SMILES string of the molecule is CSc1cccc(NC(=O)Cn2c(=O)n(C(C)C)c(=O)c3sc(N4CCCCC4)nc32)c1. The van der Waals surface area contributed by atoms with Gasteiger partial charge in [0.25, 0.3) is 5.56 Å². The number of hydrogen-bond donors (Lipinski definition) is 1. The van der Waals surface area contributed by atoms with Gasteiger partial charge in [-0.1, -0.05) is 17.4 Å². The molecule has 1 aromatic carbocycles. The van der Waals surface area contributed by atoms with E-state index in [-0.39, 0.29) is 29.7 Å². The number of fused-ring (bicyclic) bond motifs is 1. The van der Waals surface area contributed by atoms with Crippen LogP contribution in [0.1, 0.15) is 39.2 Å². The van der Waals surface area contributed by atoms with Gasteiger partial charge >= 0.3 is 5.69 Å². The van der Waals surface area contributed by atoms with Gasteiger partial charge in [0.2, 0.25) is 5.91 Å². The Kier molecular flexibility index (Phi) is 6.71. The molecule has 10 heteroatoms. The molecule has 0 aliphatic carbocycles. The van der Waals surface area contributed by atoms with Crippen LogP contribution in [0.5, 0.6) is 0 Å². The molecule has 32 heavy (non-hydrogen) atoms. The van der Waals surface area contributed by atoms with Gasteiger partial charge in [-0.25, -0.2) is 9.78 Å². The summed E-state index contributed by atoms with van der Waals surface area (Å²) in [5.74, 6) is -0.340. The molecule has 3 heterocycles. The van der Waals surface area contributed by atoms with Crippen molar-refractivity contribution in [3.63, 3.8) is 0 Å². The monoisotopic (exact) mass is 473 g/mol. The number of nitrogens with one attached hydrogen (secondary N) is 1. The van der Waals surface area contributed by atoms with Gasteiger partial charge in [-0.3, -0.25) is 18.7 Å². The molecule has 0 atom stereocenters. The summed E-state index contributed by atoms with van der Waals surface area (Å²) in [6.45, 7) is 5.14. The molecule has 170 valence electrons. The molecule has 1 amide bonds. The molecule has 1 fully saturated rings. The number of amides is 1. The molecule has 1 N–H and O–H groups in total.